The van der Waals surface area contributed by atoms with E-state index < -0.39 is 0 Å². The van der Waals surface area contributed by atoms with E-state index in [0.29, 0.717) is 18.4 Å². The first-order valence-corrected chi connectivity index (χ1v) is 5.16. The average Bonchev–Trinajstić information content (AvgIpc) is 2.59. The van der Waals surface area contributed by atoms with E-state index in [0.717, 1.165) is 5.56 Å². The van der Waals surface area contributed by atoms with Gasteiger partial charge in [-0.05, 0) is 35.6 Å². The van der Waals surface area contributed by atoms with E-state index in [2.05, 4.69) is 6.58 Å². The van der Waals surface area contributed by atoms with E-state index >= 15 is 0 Å². The number of hydrogen-bond acceptors (Lipinski definition) is 2. The molecule has 1 aliphatic carbocycles. The van der Waals surface area contributed by atoms with Gasteiger partial charge in [0.2, 0.25) is 0 Å². The second-order valence-corrected chi connectivity index (χ2v) is 4.03. The van der Waals surface area contributed by atoms with Crippen molar-refractivity contribution in [3.63, 3.8) is 0 Å². The Hall–Kier alpha value is -1.64. The molecule has 0 amide bonds. The Morgan fingerprint density at radius 3 is 2.69 bits per heavy atom. The van der Waals surface area contributed by atoms with Crippen molar-refractivity contribution in [2.24, 2.45) is 0 Å². The molecule has 0 heterocycles. The number of rotatable bonds is 2. The van der Waals surface area contributed by atoms with E-state index in [1.807, 2.05) is 0 Å². The van der Waals surface area contributed by atoms with Crippen LogP contribution < -0.4 is 4.74 Å². The first-order valence-electron chi connectivity index (χ1n) is 5.16. The summed E-state index contributed by atoms with van der Waals surface area (Å²) in [4.78, 5) is 11.3. The van der Waals surface area contributed by atoms with Crippen LogP contribution in [0.25, 0.3) is 0 Å². The second-order valence-electron chi connectivity index (χ2n) is 4.03. The summed E-state index contributed by atoms with van der Waals surface area (Å²) in [6.07, 6.45) is 1.06. The highest BCUT2D eigenvalue weighted by Gasteiger charge is 2.27. The molecule has 0 bridgehead atoms. The van der Waals surface area contributed by atoms with Gasteiger partial charge in [-0.25, -0.2) is 4.39 Å². The van der Waals surface area contributed by atoms with Crippen LogP contribution in [-0.4, -0.2) is 12.9 Å². The van der Waals surface area contributed by atoms with Crippen molar-refractivity contribution >= 4 is 5.78 Å². The molecule has 1 saturated carbocycles. The summed E-state index contributed by atoms with van der Waals surface area (Å²) in [5.41, 5.74) is 1.48. The minimum atomic E-state index is -0.384. The lowest BCUT2D eigenvalue weighted by molar-refractivity contribution is -0.114. The lowest BCUT2D eigenvalue weighted by Gasteiger charge is -2.09. The largest absolute Gasteiger partial charge is 0.494 e. The van der Waals surface area contributed by atoms with Gasteiger partial charge >= 0.3 is 0 Å². The van der Waals surface area contributed by atoms with Crippen LogP contribution in [0, 0.1) is 5.82 Å². The van der Waals surface area contributed by atoms with Crippen molar-refractivity contribution in [1.29, 1.82) is 0 Å². The maximum absolute atomic E-state index is 13.5. The van der Waals surface area contributed by atoms with Gasteiger partial charge in [-0.3, -0.25) is 4.79 Å². The first-order chi connectivity index (χ1) is 7.61. The molecular weight excluding hydrogens is 207 g/mol. The summed E-state index contributed by atoms with van der Waals surface area (Å²) >= 11 is 0. The highest BCUT2D eigenvalue weighted by atomic mass is 19.1. The van der Waals surface area contributed by atoms with E-state index in [-0.39, 0.29) is 23.3 Å². The quantitative estimate of drug-likeness (QED) is 0.716. The fraction of sp³-hybridized carbons (Fsp3) is 0.308. The number of carbonyl (C=O) groups is 1. The number of Topliss-reactive ketones (excluding diaryl/α,β-unsaturated/α-hetero) is 1. The number of methoxy groups -OCH3 is 1. The minimum Gasteiger partial charge on any atom is -0.494 e. The van der Waals surface area contributed by atoms with Gasteiger partial charge < -0.3 is 4.74 Å². The third-order valence-electron chi connectivity index (χ3n) is 2.97. The highest BCUT2D eigenvalue weighted by Crippen LogP contribution is 2.35. The van der Waals surface area contributed by atoms with Crippen molar-refractivity contribution in [3.05, 3.63) is 41.7 Å². The average molecular weight is 220 g/mol. The van der Waals surface area contributed by atoms with Crippen LogP contribution in [0.1, 0.15) is 24.3 Å². The summed E-state index contributed by atoms with van der Waals surface area (Å²) in [5, 5.41) is 0. The zero-order valence-electron chi connectivity index (χ0n) is 9.13. The molecule has 1 unspecified atom stereocenters. The highest BCUT2D eigenvalue weighted by molar-refractivity contribution is 5.97. The summed E-state index contributed by atoms with van der Waals surface area (Å²) in [6.45, 7) is 3.70. The molecule has 0 aromatic heterocycles. The minimum absolute atomic E-state index is 0.0698. The summed E-state index contributed by atoms with van der Waals surface area (Å²) in [6, 6.07) is 4.84. The van der Waals surface area contributed by atoms with E-state index in [1.165, 1.54) is 13.2 Å². The molecule has 3 heteroatoms. The predicted molar refractivity (Wildman–Crippen MR) is 59.1 cm³/mol. The van der Waals surface area contributed by atoms with Crippen LogP contribution in [-0.2, 0) is 4.79 Å². The number of hydrogen-bond donors (Lipinski definition) is 0. The maximum atomic E-state index is 13.5. The fourth-order valence-corrected chi connectivity index (χ4v) is 2.02. The predicted octanol–water partition coefficient (Wildman–Crippen LogP) is 2.84. The molecule has 2 rings (SSSR count). The second kappa shape index (κ2) is 4.08. The Kier molecular flexibility index (Phi) is 2.77. The zero-order chi connectivity index (χ0) is 11.7. The number of halogens is 1. The normalized spacial score (nSPS) is 20.2. The van der Waals surface area contributed by atoms with Crippen LogP contribution in [0.4, 0.5) is 4.39 Å². The molecule has 0 aliphatic heterocycles. The molecule has 2 nitrogen and oxygen atoms in total. The number of ketones is 1. The monoisotopic (exact) mass is 220 g/mol. The molecule has 84 valence electrons. The standard InChI is InChI=1S/C13H13FO2/c1-8-5-10(7-12(8)15)9-3-4-13(16-2)11(14)6-9/h3-4,6,10H,1,5,7H2,2H3. The van der Waals surface area contributed by atoms with Gasteiger partial charge in [-0.15, -0.1) is 0 Å². The number of ether oxygens (including phenoxy) is 1. The van der Waals surface area contributed by atoms with Gasteiger partial charge in [0, 0.05) is 6.42 Å². The van der Waals surface area contributed by atoms with Crippen LogP contribution in [0.15, 0.2) is 30.4 Å². The summed E-state index contributed by atoms with van der Waals surface area (Å²) in [7, 11) is 1.43. The van der Waals surface area contributed by atoms with Crippen molar-refractivity contribution in [1.82, 2.24) is 0 Å². The van der Waals surface area contributed by atoms with Gasteiger partial charge in [0.25, 0.3) is 0 Å². The van der Waals surface area contributed by atoms with Crippen LogP contribution in [0.2, 0.25) is 0 Å². The van der Waals surface area contributed by atoms with Crippen molar-refractivity contribution < 1.29 is 13.9 Å². The Labute approximate surface area is 93.7 Å². The SMILES string of the molecule is C=C1CC(c2ccc(OC)c(F)c2)CC1=O. The molecule has 0 spiro atoms. The Morgan fingerprint density at radius 2 is 2.19 bits per heavy atom. The maximum Gasteiger partial charge on any atom is 0.165 e. The first kappa shape index (κ1) is 10.9. The number of allylic oxidation sites excluding steroid dienone is 1. The topological polar surface area (TPSA) is 26.3 Å². The Balaban J connectivity index is 2.26. The molecule has 0 saturated heterocycles. The molecule has 1 aliphatic rings. The summed E-state index contributed by atoms with van der Waals surface area (Å²) in [5.74, 6) is -0.00139. The van der Waals surface area contributed by atoms with Crippen molar-refractivity contribution in [2.75, 3.05) is 7.11 Å². The number of benzene rings is 1. The lowest BCUT2D eigenvalue weighted by Crippen LogP contribution is -1.96. The number of carbonyl (C=O) groups excluding carboxylic acids is 1. The van der Waals surface area contributed by atoms with Gasteiger partial charge in [-0.2, -0.15) is 0 Å². The van der Waals surface area contributed by atoms with E-state index in [9.17, 15) is 9.18 Å². The molecule has 1 aromatic rings. The van der Waals surface area contributed by atoms with Gasteiger partial charge in [0.05, 0.1) is 7.11 Å². The van der Waals surface area contributed by atoms with Crippen molar-refractivity contribution in [3.8, 4) is 5.75 Å². The smallest absolute Gasteiger partial charge is 0.165 e. The Morgan fingerprint density at radius 1 is 1.44 bits per heavy atom. The fourth-order valence-electron chi connectivity index (χ4n) is 2.02. The van der Waals surface area contributed by atoms with Crippen molar-refractivity contribution in [2.45, 2.75) is 18.8 Å². The Bertz CT molecular complexity index is 435. The van der Waals surface area contributed by atoms with Crippen LogP contribution in [0.5, 0.6) is 5.75 Å². The van der Waals surface area contributed by atoms with Gasteiger partial charge in [0.1, 0.15) is 0 Å². The molecule has 0 N–H and O–H groups in total. The third kappa shape index (κ3) is 1.85. The van der Waals surface area contributed by atoms with E-state index in [1.54, 1.807) is 12.1 Å². The van der Waals surface area contributed by atoms with Crippen LogP contribution >= 0.6 is 0 Å². The molecule has 16 heavy (non-hydrogen) atoms. The molecular formula is C13H13FO2. The molecule has 1 aromatic carbocycles. The summed E-state index contributed by atoms with van der Waals surface area (Å²) < 4.78 is 18.3. The zero-order valence-corrected chi connectivity index (χ0v) is 9.13. The lowest BCUT2D eigenvalue weighted by atomic mass is 9.97. The van der Waals surface area contributed by atoms with Gasteiger partial charge in [-0.1, -0.05) is 12.6 Å². The molecule has 1 atom stereocenters. The third-order valence-corrected chi connectivity index (χ3v) is 2.97. The molecule has 1 fully saturated rings. The van der Waals surface area contributed by atoms with E-state index in [4.69, 9.17) is 4.74 Å². The molecule has 0 radical (unpaired) electrons. The van der Waals surface area contributed by atoms with Gasteiger partial charge in [0.15, 0.2) is 17.3 Å². The van der Waals surface area contributed by atoms with Crippen LogP contribution in [0.3, 0.4) is 0 Å².